The Balaban J connectivity index is 1.65. The van der Waals surface area contributed by atoms with Crippen LogP contribution in [0.1, 0.15) is 35.7 Å². The number of para-hydroxylation sites is 1. The van der Waals surface area contributed by atoms with Crippen LogP contribution in [0.15, 0.2) is 53.4 Å². The highest BCUT2D eigenvalue weighted by molar-refractivity contribution is 8.00. The molecule has 0 bridgehead atoms. The predicted octanol–water partition coefficient (Wildman–Crippen LogP) is 3.97. The summed E-state index contributed by atoms with van der Waals surface area (Å²) in [5, 5.41) is 11.4. The highest BCUT2D eigenvalue weighted by Crippen LogP contribution is 2.30. The van der Waals surface area contributed by atoms with E-state index in [1.54, 1.807) is 31.2 Å². The first-order valence-corrected chi connectivity index (χ1v) is 9.90. The molecule has 1 aliphatic rings. The van der Waals surface area contributed by atoms with Crippen molar-refractivity contribution < 1.29 is 19.4 Å². The van der Waals surface area contributed by atoms with Gasteiger partial charge in [0.1, 0.15) is 11.0 Å². The molecule has 0 saturated heterocycles. The number of rotatable bonds is 9. The summed E-state index contributed by atoms with van der Waals surface area (Å²) in [4.78, 5) is 24.4. The number of amides is 1. The molecule has 0 spiro atoms. The molecular formula is C21H23NO4S. The second kappa shape index (κ2) is 8.95. The minimum atomic E-state index is -0.906. The standard InChI is InChI=1S/C21H23NO4S/c1-14(21(24)25)27-19-9-5-3-7-17(19)20(23)22-12-16-6-2-4-8-18(16)26-13-15-10-11-15/h2-9,14-15H,10-13H2,1H3,(H,22,23)(H,24,25). The van der Waals surface area contributed by atoms with E-state index in [-0.39, 0.29) is 5.91 Å². The number of aliphatic carboxylic acids is 1. The summed E-state index contributed by atoms with van der Waals surface area (Å²) in [6.45, 7) is 2.68. The smallest absolute Gasteiger partial charge is 0.316 e. The normalized spacial score (nSPS) is 14.4. The maximum atomic E-state index is 12.7. The third-order valence-electron chi connectivity index (χ3n) is 4.37. The van der Waals surface area contributed by atoms with Gasteiger partial charge in [0.25, 0.3) is 5.91 Å². The minimum absolute atomic E-state index is 0.229. The molecule has 0 heterocycles. The molecule has 0 radical (unpaired) electrons. The van der Waals surface area contributed by atoms with E-state index < -0.39 is 11.2 Å². The second-order valence-electron chi connectivity index (χ2n) is 6.64. The van der Waals surface area contributed by atoms with Gasteiger partial charge in [-0.3, -0.25) is 9.59 Å². The maximum absolute atomic E-state index is 12.7. The third-order valence-corrected chi connectivity index (χ3v) is 5.53. The number of ether oxygens (including phenoxy) is 1. The number of nitrogens with one attached hydrogen (secondary N) is 1. The summed E-state index contributed by atoms with van der Waals surface area (Å²) in [7, 11) is 0. The molecule has 1 amide bonds. The number of carboxylic acid groups (broad SMARTS) is 1. The van der Waals surface area contributed by atoms with Gasteiger partial charge in [0.15, 0.2) is 0 Å². The molecule has 0 aromatic heterocycles. The summed E-state index contributed by atoms with van der Waals surface area (Å²) in [5.74, 6) is 0.323. The molecule has 1 unspecified atom stereocenters. The Bertz CT molecular complexity index is 819. The molecule has 1 aliphatic carbocycles. The number of thioether (sulfide) groups is 1. The molecule has 3 rings (SSSR count). The number of carbonyl (C=O) groups excluding carboxylic acids is 1. The Kier molecular flexibility index (Phi) is 6.40. The summed E-state index contributed by atoms with van der Waals surface area (Å²) in [5.41, 5.74) is 1.41. The first-order valence-electron chi connectivity index (χ1n) is 9.02. The van der Waals surface area contributed by atoms with E-state index in [9.17, 15) is 9.59 Å². The van der Waals surface area contributed by atoms with Gasteiger partial charge in [0.2, 0.25) is 0 Å². The number of hydrogen-bond donors (Lipinski definition) is 2. The Labute approximate surface area is 163 Å². The van der Waals surface area contributed by atoms with Crippen LogP contribution in [-0.4, -0.2) is 28.8 Å². The van der Waals surface area contributed by atoms with Crippen LogP contribution in [0.2, 0.25) is 0 Å². The summed E-state index contributed by atoms with van der Waals surface area (Å²) < 4.78 is 5.88. The van der Waals surface area contributed by atoms with E-state index in [4.69, 9.17) is 9.84 Å². The van der Waals surface area contributed by atoms with Crippen molar-refractivity contribution in [2.24, 2.45) is 5.92 Å². The molecular weight excluding hydrogens is 362 g/mol. The van der Waals surface area contributed by atoms with Gasteiger partial charge in [-0.2, -0.15) is 0 Å². The van der Waals surface area contributed by atoms with Crippen LogP contribution in [-0.2, 0) is 11.3 Å². The van der Waals surface area contributed by atoms with Gasteiger partial charge in [0.05, 0.1) is 12.2 Å². The van der Waals surface area contributed by atoms with Gasteiger partial charge >= 0.3 is 5.97 Å². The van der Waals surface area contributed by atoms with E-state index in [0.29, 0.717) is 22.9 Å². The second-order valence-corrected chi connectivity index (χ2v) is 8.02. The van der Waals surface area contributed by atoms with Gasteiger partial charge < -0.3 is 15.2 Å². The van der Waals surface area contributed by atoms with Crippen molar-refractivity contribution >= 4 is 23.6 Å². The van der Waals surface area contributed by atoms with E-state index in [1.165, 1.54) is 12.8 Å². The summed E-state index contributed by atoms with van der Waals surface area (Å²) in [6.07, 6.45) is 2.45. The zero-order valence-electron chi connectivity index (χ0n) is 15.2. The topological polar surface area (TPSA) is 75.6 Å². The van der Waals surface area contributed by atoms with E-state index in [2.05, 4.69) is 5.32 Å². The number of benzene rings is 2. The fourth-order valence-corrected chi connectivity index (χ4v) is 3.48. The SMILES string of the molecule is CC(Sc1ccccc1C(=O)NCc1ccccc1OCC1CC1)C(=O)O. The molecule has 5 nitrogen and oxygen atoms in total. The largest absolute Gasteiger partial charge is 0.493 e. The van der Waals surface area contributed by atoms with Gasteiger partial charge in [-0.25, -0.2) is 0 Å². The van der Waals surface area contributed by atoms with Crippen LogP contribution in [0, 0.1) is 5.92 Å². The number of carbonyl (C=O) groups is 2. The average Bonchev–Trinajstić information content (AvgIpc) is 3.50. The van der Waals surface area contributed by atoms with E-state index >= 15 is 0 Å². The number of carboxylic acids is 1. The average molecular weight is 385 g/mol. The van der Waals surface area contributed by atoms with Crippen molar-refractivity contribution in [2.45, 2.75) is 36.5 Å². The van der Waals surface area contributed by atoms with E-state index in [1.807, 2.05) is 24.3 Å². The van der Waals surface area contributed by atoms with Gasteiger partial charge in [-0.1, -0.05) is 30.3 Å². The highest BCUT2D eigenvalue weighted by Gasteiger charge is 2.22. The van der Waals surface area contributed by atoms with E-state index in [0.717, 1.165) is 29.7 Å². The Hall–Kier alpha value is -2.47. The molecule has 2 N–H and O–H groups in total. The lowest BCUT2D eigenvalue weighted by Crippen LogP contribution is -2.24. The van der Waals surface area contributed by atoms with Crippen LogP contribution in [0.5, 0.6) is 5.75 Å². The van der Waals surface area contributed by atoms with Crippen molar-refractivity contribution in [3.63, 3.8) is 0 Å². The quantitative estimate of drug-likeness (QED) is 0.639. The molecule has 142 valence electrons. The minimum Gasteiger partial charge on any atom is -0.493 e. The first-order chi connectivity index (χ1) is 13.0. The van der Waals surface area contributed by atoms with Gasteiger partial charge in [0, 0.05) is 17.0 Å². The zero-order valence-corrected chi connectivity index (χ0v) is 16.0. The Morgan fingerprint density at radius 1 is 1.19 bits per heavy atom. The molecule has 2 aromatic carbocycles. The summed E-state index contributed by atoms with van der Waals surface area (Å²) in [6, 6.07) is 14.8. The number of hydrogen-bond acceptors (Lipinski definition) is 4. The van der Waals surface area contributed by atoms with Crippen molar-refractivity contribution in [2.75, 3.05) is 6.61 Å². The molecule has 27 heavy (non-hydrogen) atoms. The molecule has 2 aromatic rings. The lowest BCUT2D eigenvalue weighted by atomic mass is 10.1. The van der Waals surface area contributed by atoms with Gasteiger partial charge in [-0.05, 0) is 43.9 Å². The fraction of sp³-hybridized carbons (Fsp3) is 0.333. The lowest BCUT2D eigenvalue weighted by molar-refractivity contribution is -0.136. The predicted molar refractivity (Wildman–Crippen MR) is 105 cm³/mol. The van der Waals surface area contributed by atoms with Crippen molar-refractivity contribution in [1.29, 1.82) is 0 Å². The maximum Gasteiger partial charge on any atom is 0.316 e. The van der Waals surface area contributed by atoms with Crippen LogP contribution in [0.3, 0.4) is 0 Å². The van der Waals surface area contributed by atoms with Crippen molar-refractivity contribution in [1.82, 2.24) is 5.32 Å². The molecule has 1 fully saturated rings. The van der Waals surface area contributed by atoms with Crippen molar-refractivity contribution in [3.8, 4) is 5.75 Å². The molecule has 0 aliphatic heterocycles. The van der Waals surface area contributed by atoms with Crippen LogP contribution >= 0.6 is 11.8 Å². The third kappa shape index (κ3) is 5.50. The van der Waals surface area contributed by atoms with Gasteiger partial charge in [-0.15, -0.1) is 11.8 Å². The molecule has 1 atom stereocenters. The highest BCUT2D eigenvalue weighted by atomic mass is 32.2. The fourth-order valence-electron chi connectivity index (χ4n) is 2.55. The van der Waals surface area contributed by atoms with Crippen molar-refractivity contribution in [3.05, 3.63) is 59.7 Å². The Morgan fingerprint density at radius 3 is 2.63 bits per heavy atom. The van der Waals surface area contributed by atoms with Crippen LogP contribution in [0.4, 0.5) is 0 Å². The zero-order chi connectivity index (χ0) is 19.2. The first kappa shape index (κ1) is 19.3. The van der Waals surface area contributed by atoms with Crippen LogP contribution in [0.25, 0.3) is 0 Å². The summed E-state index contributed by atoms with van der Waals surface area (Å²) >= 11 is 1.16. The molecule has 1 saturated carbocycles. The Morgan fingerprint density at radius 2 is 1.89 bits per heavy atom. The molecule has 6 heteroatoms. The lowest BCUT2D eigenvalue weighted by Gasteiger charge is -2.14. The van der Waals surface area contributed by atoms with Crippen LogP contribution < -0.4 is 10.1 Å². The monoisotopic (exact) mass is 385 g/mol.